The van der Waals surface area contributed by atoms with E-state index in [4.69, 9.17) is 9.84 Å². The van der Waals surface area contributed by atoms with E-state index >= 15 is 0 Å². The molecule has 0 saturated heterocycles. The first-order valence-corrected chi connectivity index (χ1v) is 4.52. The Hall–Kier alpha value is -1.20. The fraction of sp³-hybridized carbons (Fsp3) is 0.556. The van der Waals surface area contributed by atoms with Gasteiger partial charge in [0.1, 0.15) is 0 Å². The number of methoxy groups -OCH3 is 1. The maximum atomic E-state index is 8.83. The summed E-state index contributed by atoms with van der Waals surface area (Å²) in [6.07, 6.45) is 2.53. The Kier molecular flexibility index (Phi) is 4.88. The molecule has 0 amide bonds. The first-order valence-electron chi connectivity index (χ1n) is 4.52. The number of nitrogens with one attached hydrogen (secondary N) is 1. The molecule has 0 fully saturated rings. The van der Waals surface area contributed by atoms with Crippen LogP contribution in [0.4, 0.5) is 5.95 Å². The van der Waals surface area contributed by atoms with Crippen LogP contribution in [-0.2, 0) is 11.3 Å². The molecule has 0 saturated carbocycles. The van der Waals surface area contributed by atoms with Crippen molar-refractivity contribution in [2.75, 3.05) is 25.6 Å². The molecule has 1 heterocycles. The van der Waals surface area contributed by atoms with Crippen LogP contribution in [0, 0.1) is 0 Å². The third-order valence-corrected chi connectivity index (χ3v) is 1.68. The number of aliphatic hydroxyl groups excluding tert-OH is 1. The van der Waals surface area contributed by atoms with Crippen molar-refractivity contribution in [2.45, 2.75) is 13.0 Å². The summed E-state index contributed by atoms with van der Waals surface area (Å²) in [7, 11) is 1.67. The van der Waals surface area contributed by atoms with Crippen molar-refractivity contribution in [2.24, 2.45) is 0 Å². The van der Waals surface area contributed by atoms with Gasteiger partial charge in [-0.2, -0.15) is 0 Å². The van der Waals surface area contributed by atoms with Crippen LogP contribution in [0.25, 0.3) is 0 Å². The number of nitrogens with zero attached hydrogens (tertiary/aromatic N) is 2. The topological polar surface area (TPSA) is 67.3 Å². The molecule has 1 rings (SSSR count). The lowest BCUT2D eigenvalue weighted by atomic mass is 10.4. The molecule has 0 aliphatic carbocycles. The van der Waals surface area contributed by atoms with E-state index in [9.17, 15) is 0 Å². The van der Waals surface area contributed by atoms with E-state index in [2.05, 4.69) is 15.3 Å². The van der Waals surface area contributed by atoms with Crippen molar-refractivity contribution in [3.05, 3.63) is 18.0 Å². The predicted molar refractivity (Wildman–Crippen MR) is 52.9 cm³/mol. The van der Waals surface area contributed by atoms with Crippen LogP contribution in [0.15, 0.2) is 12.3 Å². The third-order valence-electron chi connectivity index (χ3n) is 1.68. The van der Waals surface area contributed by atoms with Crippen molar-refractivity contribution in [3.63, 3.8) is 0 Å². The summed E-state index contributed by atoms with van der Waals surface area (Å²) < 4.78 is 4.90. The molecule has 1 aromatic heterocycles. The lowest BCUT2D eigenvalue weighted by Crippen LogP contribution is -2.08. The van der Waals surface area contributed by atoms with E-state index in [0.717, 1.165) is 13.0 Å². The average Bonchev–Trinajstić information content (AvgIpc) is 2.25. The van der Waals surface area contributed by atoms with Crippen molar-refractivity contribution >= 4 is 5.95 Å². The summed E-state index contributed by atoms with van der Waals surface area (Å²) in [4.78, 5) is 8.09. The Balaban J connectivity index is 2.34. The van der Waals surface area contributed by atoms with E-state index in [1.807, 2.05) is 0 Å². The Labute approximate surface area is 83.2 Å². The van der Waals surface area contributed by atoms with Gasteiger partial charge in [0.05, 0.1) is 12.3 Å². The minimum atomic E-state index is -0.0602. The monoisotopic (exact) mass is 197 g/mol. The van der Waals surface area contributed by atoms with Gasteiger partial charge in [0.25, 0.3) is 0 Å². The van der Waals surface area contributed by atoms with Crippen molar-refractivity contribution in [1.82, 2.24) is 9.97 Å². The smallest absolute Gasteiger partial charge is 0.222 e. The lowest BCUT2D eigenvalue weighted by molar-refractivity contribution is 0.197. The average molecular weight is 197 g/mol. The van der Waals surface area contributed by atoms with E-state index < -0.39 is 0 Å². The predicted octanol–water partition coefficient (Wildman–Crippen LogP) is 0.417. The second-order valence-electron chi connectivity index (χ2n) is 2.80. The van der Waals surface area contributed by atoms with Gasteiger partial charge in [-0.05, 0) is 12.5 Å². The Morgan fingerprint density at radius 1 is 1.57 bits per heavy atom. The van der Waals surface area contributed by atoms with Gasteiger partial charge >= 0.3 is 0 Å². The van der Waals surface area contributed by atoms with E-state index in [1.54, 1.807) is 19.4 Å². The van der Waals surface area contributed by atoms with Crippen molar-refractivity contribution in [1.29, 1.82) is 0 Å². The van der Waals surface area contributed by atoms with Gasteiger partial charge in [0, 0.05) is 26.5 Å². The van der Waals surface area contributed by atoms with Crippen molar-refractivity contribution in [3.8, 4) is 0 Å². The molecule has 0 aliphatic rings. The second-order valence-corrected chi connectivity index (χ2v) is 2.80. The Bertz CT molecular complexity index is 268. The van der Waals surface area contributed by atoms with Crippen LogP contribution in [0.5, 0.6) is 0 Å². The largest absolute Gasteiger partial charge is 0.390 e. The van der Waals surface area contributed by atoms with Gasteiger partial charge in [0.15, 0.2) is 0 Å². The summed E-state index contributed by atoms with van der Waals surface area (Å²) in [6.45, 7) is 1.42. The molecule has 5 nitrogen and oxygen atoms in total. The van der Waals surface area contributed by atoms with Crippen LogP contribution in [0.1, 0.15) is 12.1 Å². The molecule has 14 heavy (non-hydrogen) atoms. The van der Waals surface area contributed by atoms with Crippen molar-refractivity contribution < 1.29 is 9.84 Å². The van der Waals surface area contributed by atoms with Gasteiger partial charge in [-0.3, -0.25) is 0 Å². The maximum Gasteiger partial charge on any atom is 0.222 e. The minimum Gasteiger partial charge on any atom is -0.390 e. The molecule has 0 atom stereocenters. The van der Waals surface area contributed by atoms with Crippen LogP contribution < -0.4 is 5.32 Å². The van der Waals surface area contributed by atoms with Crippen LogP contribution in [-0.4, -0.2) is 35.3 Å². The summed E-state index contributed by atoms with van der Waals surface area (Å²) in [5, 5.41) is 11.9. The van der Waals surface area contributed by atoms with Crippen LogP contribution in [0.2, 0.25) is 0 Å². The lowest BCUT2D eigenvalue weighted by Gasteiger charge is -2.04. The second kappa shape index (κ2) is 6.28. The van der Waals surface area contributed by atoms with Gasteiger partial charge < -0.3 is 15.2 Å². The zero-order chi connectivity index (χ0) is 10.2. The van der Waals surface area contributed by atoms with Gasteiger partial charge in [0.2, 0.25) is 5.95 Å². The molecule has 0 radical (unpaired) electrons. The molecular weight excluding hydrogens is 182 g/mol. The highest BCUT2D eigenvalue weighted by Crippen LogP contribution is 1.99. The zero-order valence-corrected chi connectivity index (χ0v) is 8.23. The minimum absolute atomic E-state index is 0.0602. The summed E-state index contributed by atoms with van der Waals surface area (Å²) in [5.41, 5.74) is 0.620. The molecule has 0 aromatic carbocycles. The summed E-state index contributed by atoms with van der Waals surface area (Å²) in [5.74, 6) is 0.549. The third kappa shape index (κ3) is 3.68. The van der Waals surface area contributed by atoms with Crippen LogP contribution in [0.3, 0.4) is 0 Å². The highest BCUT2D eigenvalue weighted by Gasteiger charge is 1.96. The normalized spacial score (nSPS) is 10.1. The number of hydrogen-bond donors (Lipinski definition) is 2. The van der Waals surface area contributed by atoms with Gasteiger partial charge in [-0.15, -0.1) is 0 Å². The Morgan fingerprint density at radius 3 is 3.14 bits per heavy atom. The molecule has 1 aromatic rings. The van der Waals surface area contributed by atoms with E-state index in [0.29, 0.717) is 18.2 Å². The molecule has 0 aliphatic heterocycles. The number of aromatic nitrogens is 2. The Morgan fingerprint density at radius 2 is 2.43 bits per heavy atom. The van der Waals surface area contributed by atoms with Crippen LogP contribution >= 0.6 is 0 Å². The zero-order valence-electron chi connectivity index (χ0n) is 8.23. The van der Waals surface area contributed by atoms with Gasteiger partial charge in [-0.25, -0.2) is 9.97 Å². The number of ether oxygens (including phenoxy) is 1. The van der Waals surface area contributed by atoms with E-state index in [-0.39, 0.29) is 6.61 Å². The number of anilines is 1. The molecule has 2 N–H and O–H groups in total. The van der Waals surface area contributed by atoms with Gasteiger partial charge in [-0.1, -0.05) is 0 Å². The quantitative estimate of drug-likeness (QED) is 0.647. The fourth-order valence-corrected chi connectivity index (χ4v) is 0.986. The summed E-state index contributed by atoms with van der Waals surface area (Å²) in [6, 6.07) is 1.68. The molecular formula is C9H15N3O2. The first kappa shape index (κ1) is 10.9. The first-order chi connectivity index (χ1) is 6.86. The number of hydrogen-bond acceptors (Lipinski definition) is 5. The standard InChI is InChI=1S/C9H15N3O2/c1-14-6-2-4-10-9-11-5-3-8(7-13)12-9/h3,5,13H,2,4,6-7H2,1H3,(H,10,11,12). The number of rotatable bonds is 6. The molecule has 0 spiro atoms. The molecule has 78 valence electrons. The summed E-state index contributed by atoms with van der Waals surface area (Å²) >= 11 is 0. The van der Waals surface area contributed by atoms with E-state index in [1.165, 1.54) is 0 Å². The highest BCUT2D eigenvalue weighted by molar-refractivity contribution is 5.24. The number of aliphatic hydroxyl groups is 1. The SMILES string of the molecule is COCCCNc1nccc(CO)n1. The fourth-order valence-electron chi connectivity index (χ4n) is 0.986. The molecule has 0 unspecified atom stereocenters. The maximum absolute atomic E-state index is 8.83. The highest BCUT2D eigenvalue weighted by atomic mass is 16.5. The molecule has 0 bridgehead atoms. The molecule has 5 heteroatoms.